The van der Waals surface area contributed by atoms with E-state index >= 15 is 0 Å². The summed E-state index contributed by atoms with van der Waals surface area (Å²) in [7, 11) is 0. The smallest absolute Gasteiger partial charge is 0.410 e. The molecule has 3 rings (SSSR count). The van der Waals surface area contributed by atoms with E-state index in [1.807, 2.05) is 37.8 Å². The Morgan fingerprint density at radius 2 is 2.00 bits per heavy atom. The lowest BCUT2D eigenvalue weighted by molar-refractivity contribution is 0.0188. The first-order chi connectivity index (χ1) is 13.8. The standard InChI is InChI=1S/C23H32N4O2/c1-23(2,3)29-22(28)27-15-5-6-19(16-27)25-14-13-17-9-11-18(12-10-17)20-7-4-8-21(24)26-20/h4,7-12,19,25H,5-6,13-16H2,1-3H3,(H2,24,26). The van der Waals surface area contributed by atoms with Gasteiger partial charge in [0.25, 0.3) is 0 Å². The van der Waals surface area contributed by atoms with Crippen LogP contribution in [0.15, 0.2) is 42.5 Å². The van der Waals surface area contributed by atoms with Crippen molar-refractivity contribution in [3.8, 4) is 11.3 Å². The number of pyridine rings is 1. The maximum atomic E-state index is 12.3. The molecule has 1 saturated heterocycles. The van der Waals surface area contributed by atoms with Crippen molar-refractivity contribution in [1.29, 1.82) is 0 Å². The zero-order valence-corrected chi connectivity index (χ0v) is 17.6. The molecule has 1 aliphatic heterocycles. The lowest BCUT2D eigenvalue weighted by Gasteiger charge is -2.34. The number of carbonyl (C=O) groups is 1. The largest absolute Gasteiger partial charge is 0.444 e. The van der Waals surface area contributed by atoms with Crippen LogP contribution in [0.3, 0.4) is 0 Å². The van der Waals surface area contributed by atoms with E-state index in [4.69, 9.17) is 10.5 Å². The van der Waals surface area contributed by atoms with Gasteiger partial charge in [0, 0.05) is 24.7 Å². The third kappa shape index (κ3) is 6.46. The van der Waals surface area contributed by atoms with Crippen molar-refractivity contribution in [2.24, 2.45) is 0 Å². The number of nitrogens with zero attached hydrogens (tertiary/aromatic N) is 2. The summed E-state index contributed by atoms with van der Waals surface area (Å²) in [4.78, 5) is 18.5. The third-order valence-corrected chi connectivity index (χ3v) is 4.94. The van der Waals surface area contributed by atoms with Crippen LogP contribution in [0, 0.1) is 0 Å². The normalized spacial score (nSPS) is 17.2. The lowest BCUT2D eigenvalue weighted by Crippen LogP contribution is -2.49. The Bertz CT molecular complexity index is 814. The number of benzene rings is 1. The van der Waals surface area contributed by atoms with Crippen molar-refractivity contribution in [2.75, 3.05) is 25.4 Å². The topological polar surface area (TPSA) is 80.5 Å². The number of carbonyl (C=O) groups excluding carboxylic acids is 1. The second-order valence-electron chi connectivity index (χ2n) is 8.61. The van der Waals surface area contributed by atoms with Crippen molar-refractivity contribution in [2.45, 2.75) is 51.7 Å². The van der Waals surface area contributed by atoms with E-state index < -0.39 is 5.60 Å². The van der Waals surface area contributed by atoms with Gasteiger partial charge in [0.1, 0.15) is 11.4 Å². The van der Waals surface area contributed by atoms with E-state index in [0.29, 0.717) is 18.4 Å². The minimum atomic E-state index is -0.454. The number of nitrogens with one attached hydrogen (secondary N) is 1. The highest BCUT2D eigenvalue weighted by molar-refractivity contribution is 5.68. The first-order valence-corrected chi connectivity index (χ1v) is 10.3. The average molecular weight is 397 g/mol. The number of nitrogens with two attached hydrogens (primary N) is 1. The Morgan fingerprint density at radius 3 is 2.69 bits per heavy atom. The highest BCUT2D eigenvalue weighted by atomic mass is 16.6. The lowest BCUT2D eigenvalue weighted by atomic mass is 10.0. The van der Waals surface area contributed by atoms with Gasteiger partial charge in [-0.15, -0.1) is 0 Å². The fourth-order valence-corrected chi connectivity index (χ4v) is 3.51. The van der Waals surface area contributed by atoms with Gasteiger partial charge in [0.15, 0.2) is 0 Å². The van der Waals surface area contributed by atoms with Gasteiger partial charge in [0.05, 0.1) is 5.69 Å². The number of hydrogen-bond acceptors (Lipinski definition) is 5. The molecule has 0 saturated carbocycles. The molecule has 3 N–H and O–H groups in total. The molecule has 1 unspecified atom stereocenters. The number of amides is 1. The van der Waals surface area contributed by atoms with Crippen LogP contribution in [0.1, 0.15) is 39.2 Å². The second kappa shape index (κ2) is 9.27. The van der Waals surface area contributed by atoms with E-state index in [1.165, 1.54) is 5.56 Å². The summed E-state index contributed by atoms with van der Waals surface area (Å²) in [6.45, 7) is 8.06. The molecule has 1 atom stereocenters. The van der Waals surface area contributed by atoms with Crippen LogP contribution in [0.5, 0.6) is 0 Å². The number of anilines is 1. The van der Waals surface area contributed by atoms with Crippen LogP contribution < -0.4 is 11.1 Å². The monoisotopic (exact) mass is 396 g/mol. The summed E-state index contributed by atoms with van der Waals surface area (Å²) in [5.74, 6) is 0.531. The fraction of sp³-hybridized carbons (Fsp3) is 0.478. The molecule has 0 radical (unpaired) electrons. The summed E-state index contributed by atoms with van der Waals surface area (Å²) >= 11 is 0. The van der Waals surface area contributed by atoms with Gasteiger partial charge < -0.3 is 20.7 Å². The molecule has 6 nitrogen and oxygen atoms in total. The van der Waals surface area contributed by atoms with Gasteiger partial charge in [-0.25, -0.2) is 9.78 Å². The number of aromatic nitrogens is 1. The van der Waals surface area contributed by atoms with Gasteiger partial charge in [-0.1, -0.05) is 30.3 Å². The van der Waals surface area contributed by atoms with Crippen molar-refractivity contribution in [3.05, 3.63) is 48.0 Å². The first-order valence-electron chi connectivity index (χ1n) is 10.3. The third-order valence-electron chi connectivity index (χ3n) is 4.94. The molecule has 6 heteroatoms. The minimum absolute atomic E-state index is 0.213. The number of rotatable bonds is 5. The van der Waals surface area contributed by atoms with Crippen molar-refractivity contribution in [3.63, 3.8) is 0 Å². The molecule has 1 aromatic heterocycles. The highest BCUT2D eigenvalue weighted by Gasteiger charge is 2.27. The Balaban J connectivity index is 1.46. The van der Waals surface area contributed by atoms with Crippen LogP contribution in [0.2, 0.25) is 0 Å². The van der Waals surface area contributed by atoms with Crippen molar-refractivity contribution >= 4 is 11.9 Å². The van der Waals surface area contributed by atoms with Crippen LogP contribution >= 0.6 is 0 Å². The zero-order valence-electron chi connectivity index (χ0n) is 17.6. The Hall–Kier alpha value is -2.60. The number of nitrogen functional groups attached to an aromatic ring is 1. The Labute approximate surface area is 173 Å². The quantitative estimate of drug-likeness (QED) is 0.802. The fourth-order valence-electron chi connectivity index (χ4n) is 3.51. The Morgan fingerprint density at radius 1 is 1.24 bits per heavy atom. The van der Waals surface area contributed by atoms with Gasteiger partial charge in [-0.3, -0.25) is 0 Å². The van der Waals surface area contributed by atoms with Crippen LogP contribution in [-0.2, 0) is 11.2 Å². The van der Waals surface area contributed by atoms with Gasteiger partial charge in [-0.05, 0) is 64.3 Å². The maximum absolute atomic E-state index is 12.3. The molecule has 2 heterocycles. The van der Waals surface area contributed by atoms with Crippen molar-refractivity contribution < 1.29 is 9.53 Å². The maximum Gasteiger partial charge on any atom is 0.410 e. The van der Waals surface area contributed by atoms with E-state index in [0.717, 1.165) is 43.6 Å². The van der Waals surface area contributed by atoms with E-state index in [-0.39, 0.29) is 6.09 Å². The average Bonchev–Trinajstić information content (AvgIpc) is 2.67. The second-order valence-corrected chi connectivity index (χ2v) is 8.61. The molecular weight excluding hydrogens is 364 g/mol. The number of hydrogen-bond donors (Lipinski definition) is 2. The molecule has 1 amide bonds. The summed E-state index contributed by atoms with van der Waals surface area (Å²) in [6.07, 6.45) is 2.81. The molecule has 0 aliphatic carbocycles. The van der Waals surface area contributed by atoms with Crippen LogP contribution in [-0.4, -0.2) is 47.3 Å². The molecule has 1 aliphatic rings. The Kier molecular flexibility index (Phi) is 6.75. The van der Waals surface area contributed by atoms with E-state index in [2.05, 4.69) is 34.6 Å². The molecule has 2 aromatic rings. The summed E-state index contributed by atoms with van der Waals surface area (Å²) in [6, 6.07) is 14.4. The van der Waals surface area contributed by atoms with Gasteiger partial charge in [-0.2, -0.15) is 0 Å². The number of piperidine rings is 1. The number of ether oxygens (including phenoxy) is 1. The molecule has 1 aromatic carbocycles. The molecule has 0 bridgehead atoms. The SMILES string of the molecule is CC(C)(C)OC(=O)N1CCCC(NCCc2ccc(-c3cccc(N)n3)cc2)C1. The molecule has 156 valence electrons. The van der Waals surface area contributed by atoms with E-state index in [1.54, 1.807) is 6.07 Å². The summed E-state index contributed by atoms with van der Waals surface area (Å²) in [5.41, 5.74) is 8.54. The molecule has 29 heavy (non-hydrogen) atoms. The van der Waals surface area contributed by atoms with Gasteiger partial charge in [0.2, 0.25) is 0 Å². The molecule has 1 fully saturated rings. The first kappa shape index (κ1) is 21.1. The van der Waals surface area contributed by atoms with Crippen LogP contribution in [0.25, 0.3) is 11.3 Å². The van der Waals surface area contributed by atoms with Crippen LogP contribution in [0.4, 0.5) is 10.6 Å². The zero-order chi connectivity index (χ0) is 20.9. The van der Waals surface area contributed by atoms with Gasteiger partial charge >= 0.3 is 6.09 Å². The molecular formula is C23H32N4O2. The minimum Gasteiger partial charge on any atom is -0.444 e. The number of likely N-dealkylation sites (tertiary alicyclic amines) is 1. The molecule has 0 spiro atoms. The van der Waals surface area contributed by atoms with Crippen molar-refractivity contribution in [1.82, 2.24) is 15.2 Å². The summed E-state index contributed by atoms with van der Waals surface area (Å²) in [5, 5.41) is 3.59. The highest BCUT2D eigenvalue weighted by Crippen LogP contribution is 2.19. The predicted molar refractivity (Wildman–Crippen MR) is 117 cm³/mol. The predicted octanol–water partition coefficient (Wildman–Crippen LogP) is 3.86. The summed E-state index contributed by atoms with van der Waals surface area (Å²) < 4.78 is 5.50. The van der Waals surface area contributed by atoms with E-state index in [9.17, 15) is 4.79 Å².